The van der Waals surface area contributed by atoms with Crippen molar-refractivity contribution in [2.75, 3.05) is 7.11 Å². The number of pyridine rings is 1. The first-order valence-corrected chi connectivity index (χ1v) is 6.64. The predicted molar refractivity (Wildman–Crippen MR) is 73.2 cm³/mol. The van der Waals surface area contributed by atoms with E-state index in [9.17, 15) is 9.59 Å². The summed E-state index contributed by atoms with van der Waals surface area (Å²) in [5, 5.41) is 2.76. The van der Waals surface area contributed by atoms with Gasteiger partial charge in [-0.1, -0.05) is 19.4 Å². The van der Waals surface area contributed by atoms with E-state index in [0.717, 1.165) is 6.42 Å². The Morgan fingerprint density at radius 1 is 1.40 bits per heavy atom. The Bertz CT molecular complexity index is 532. The lowest BCUT2D eigenvalue weighted by Gasteiger charge is -2.20. The van der Waals surface area contributed by atoms with Crippen molar-refractivity contribution in [2.45, 2.75) is 38.8 Å². The van der Waals surface area contributed by atoms with Gasteiger partial charge in [-0.2, -0.15) is 0 Å². The fourth-order valence-corrected chi connectivity index (χ4v) is 2.38. The Labute approximate surface area is 118 Å². The van der Waals surface area contributed by atoms with Gasteiger partial charge in [0.25, 0.3) is 5.91 Å². The minimum Gasteiger partial charge on any atom is -0.481 e. The first kappa shape index (κ1) is 14.3. The number of nitrogens with one attached hydrogen (secondary N) is 1. The fourth-order valence-electron chi connectivity index (χ4n) is 2.38. The molecule has 0 saturated carbocycles. The average Bonchev–Trinajstić information content (AvgIpc) is 2.63. The van der Waals surface area contributed by atoms with Crippen LogP contribution in [0.15, 0.2) is 18.2 Å². The average molecular weight is 277 g/mol. The van der Waals surface area contributed by atoms with Crippen molar-refractivity contribution >= 4 is 11.9 Å². The fraction of sp³-hybridized carbons (Fsp3) is 0.500. The number of imide groups is 1. The minimum atomic E-state index is -0.801. The zero-order chi connectivity index (χ0) is 14.8. The molecule has 2 heterocycles. The Morgan fingerprint density at radius 3 is 2.80 bits per heavy atom. The van der Waals surface area contributed by atoms with E-state index in [1.54, 1.807) is 25.1 Å². The molecular formula is C14H19N3O3. The lowest BCUT2D eigenvalue weighted by molar-refractivity contribution is -0.131. The van der Waals surface area contributed by atoms with Crippen molar-refractivity contribution in [1.82, 2.24) is 15.2 Å². The summed E-state index contributed by atoms with van der Waals surface area (Å²) in [6, 6.07) is 4.90. The summed E-state index contributed by atoms with van der Waals surface area (Å²) < 4.78 is 5.04. The molecule has 0 aromatic carbocycles. The zero-order valence-electron chi connectivity index (χ0n) is 12.0. The van der Waals surface area contributed by atoms with Crippen LogP contribution < -0.4 is 10.1 Å². The highest BCUT2D eigenvalue weighted by Crippen LogP contribution is 2.24. The van der Waals surface area contributed by atoms with E-state index >= 15 is 0 Å². The highest BCUT2D eigenvalue weighted by molar-refractivity contribution is 6.06. The van der Waals surface area contributed by atoms with Crippen molar-refractivity contribution in [1.29, 1.82) is 0 Å². The third kappa shape index (κ3) is 2.59. The van der Waals surface area contributed by atoms with Crippen LogP contribution in [0, 0.1) is 0 Å². The maximum absolute atomic E-state index is 12.4. The molecule has 6 heteroatoms. The zero-order valence-corrected chi connectivity index (χ0v) is 12.0. The molecule has 0 aliphatic carbocycles. The van der Waals surface area contributed by atoms with Crippen molar-refractivity contribution in [2.24, 2.45) is 0 Å². The van der Waals surface area contributed by atoms with Gasteiger partial charge in [0.15, 0.2) is 0 Å². The number of carbonyl (C=O) groups excluding carboxylic acids is 2. The summed E-state index contributed by atoms with van der Waals surface area (Å²) in [6.45, 7) is 3.90. The first-order valence-electron chi connectivity index (χ1n) is 6.64. The third-order valence-electron chi connectivity index (χ3n) is 3.41. The van der Waals surface area contributed by atoms with Crippen LogP contribution in [0.5, 0.6) is 5.88 Å². The van der Waals surface area contributed by atoms with Gasteiger partial charge in [-0.05, 0) is 19.4 Å². The second kappa shape index (κ2) is 5.48. The lowest BCUT2D eigenvalue weighted by atomic mass is 9.96. The normalized spacial score (nSPS) is 22.1. The molecule has 0 radical (unpaired) electrons. The van der Waals surface area contributed by atoms with E-state index in [4.69, 9.17) is 4.74 Å². The van der Waals surface area contributed by atoms with Gasteiger partial charge < -0.3 is 10.1 Å². The second-order valence-electron chi connectivity index (χ2n) is 5.07. The predicted octanol–water partition coefficient (Wildman–Crippen LogP) is 1.70. The number of aromatic nitrogens is 1. The maximum atomic E-state index is 12.4. The van der Waals surface area contributed by atoms with Crippen molar-refractivity contribution in [3.63, 3.8) is 0 Å². The number of carbonyl (C=O) groups is 2. The van der Waals surface area contributed by atoms with Gasteiger partial charge in [0.2, 0.25) is 5.88 Å². The minimum absolute atomic E-state index is 0.154. The maximum Gasteiger partial charge on any atom is 0.325 e. The molecule has 1 fully saturated rings. The number of hydrogen-bond acceptors (Lipinski definition) is 4. The van der Waals surface area contributed by atoms with Crippen molar-refractivity contribution in [3.8, 4) is 5.88 Å². The Kier molecular flexibility index (Phi) is 3.92. The smallest absolute Gasteiger partial charge is 0.325 e. The molecule has 1 aliphatic heterocycles. The van der Waals surface area contributed by atoms with Crippen molar-refractivity contribution in [3.05, 3.63) is 23.9 Å². The quantitative estimate of drug-likeness (QED) is 0.831. The van der Waals surface area contributed by atoms with Gasteiger partial charge >= 0.3 is 6.03 Å². The SMILES string of the molecule is CCCC1(C)NC(=O)N(Cc2cccc(OC)n2)C1=O. The van der Waals surface area contributed by atoms with Crippen LogP contribution in [-0.2, 0) is 11.3 Å². The van der Waals surface area contributed by atoms with E-state index in [1.165, 1.54) is 12.0 Å². The highest BCUT2D eigenvalue weighted by Gasteiger charge is 2.46. The Morgan fingerprint density at radius 2 is 2.15 bits per heavy atom. The van der Waals surface area contributed by atoms with E-state index in [2.05, 4.69) is 10.3 Å². The van der Waals surface area contributed by atoms with E-state index in [-0.39, 0.29) is 18.5 Å². The summed E-state index contributed by atoms with van der Waals surface area (Å²) in [4.78, 5) is 29.8. The number of methoxy groups -OCH3 is 1. The lowest BCUT2D eigenvalue weighted by Crippen LogP contribution is -2.43. The number of hydrogen-bond donors (Lipinski definition) is 1. The number of rotatable bonds is 5. The standard InChI is InChI=1S/C14H19N3O3/c1-4-8-14(2)12(18)17(13(19)16-14)9-10-6-5-7-11(15-10)20-3/h5-7H,4,8-9H2,1-3H3,(H,16,19). The van der Waals surface area contributed by atoms with Crippen LogP contribution in [0.1, 0.15) is 32.4 Å². The summed E-state index contributed by atoms with van der Waals surface area (Å²) in [5.74, 6) is 0.264. The van der Waals surface area contributed by atoms with Gasteiger partial charge in [-0.25, -0.2) is 9.78 Å². The van der Waals surface area contributed by atoms with Gasteiger partial charge in [-0.3, -0.25) is 9.69 Å². The second-order valence-corrected chi connectivity index (χ2v) is 5.07. The molecule has 1 aromatic heterocycles. The largest absolute Gasteiger partial charge is 0.481 e. The van der Waals surface area contributed by atoms with Gasteiger partial charge in [0, 0.05) is 6.07 Å². The molecule has 1 N–H and O–H groups in total. The molecule has 0 spiro atoms. The monoisotopic (exact) mass is 277 g/mol. The number of amides is 3. The van der Waals surface area contributed by atoms with E-state index in [1.807, 2.05) is 6.92 Å². The molecule has 6 nitrogen and oxygen atoms in total. The van der Waals surface area contributed by atoms with Crippen LogP contribution in [0.25, 0.3) is 0 Å². The summed E-state index contributed by atoms with van der Waals surface area (Å²) in [6.07, 6.45) is 1.45. The highest BCUT2D eigenvalue weighted by atomic mass is 16.5. The Balaban J connectivity index is 2.17. The summed E-state index contributed by atoms with van der Waals surface area (Å²) in [5.41, 5.74) is -0.182. The molecule has 3 amide bonds. The van der Waals surface area contributed by atoms with Crippen LogP contribution >= 0.6 is 0 Å². The topological polar surface area (TPSA) is 71.5 Å². The molecule has 0 bridgehead atoms. The number of nitrogens with zero attached hydrogens (tertiary/aromatic N) is 2. The molecule has 1 aromatic rings. The van der Waals surface area contributed by atoms with Crippen molar-refractivity contribution < 1.29 is 14.3 Å². The number of urea groups is 1. The van der Waals surface area contributed by atoms with Gasteiger partial charge in [0.1, 0.15) is 5.54 Å². The molecular weight excluding hydrogens is 258 g/mol. The number of ether oxygens (including phenoxy) is 1. The summed E-state index contributed by atoms with van der Waals surface area (Å²) >= 11 is 0. The van der Waals surface area contributed by atoms with Crippen LogP contribution in [0.3, 0.4) is 0 Å². The molecule has 1 unspecified atom stereocenters. The van der Waals surface area contributed by atoms with Gasteiger partial charge in [0.05, 0.1) is 19.3 Å². The first-order chi connectivity index (χ1) is 9.50. The molecule has 1 atom stereocenters. The summed E-state index contributed by atoms with van der Waals surface area (Å²) in [7, 11) is 1.53. The van der Waals surface area contributed by atoms with Crippen LogP contribution in [0.4, 0.5) is 4.79 Å². The van der Waals surface area contributed by atoms with E-state index < -0.39 is 5.54 Å². The van der Waals surface area contributed by atoms with Gasteiger partial charge in [-0.15, -0.1) is 0 Å². The van der Waals surface area contributed by atoms with Crippen LogP contribution in [0.2, 0.25) is 0 Å². The van der Waals surface area contributed by atoms with E-state index in [0.29, 0.717) is 18.0 Å². The molecule has 1 saturated heterocycles. The molecule has 20 heavy (non-hydrogen) atoms. The third-order valence-corrected chi connectivity index (χ3v) is 3.41. The molecule has 108 valence electrons. The van der Waals surface area contributed by atoms with Crippen LogP contribution in [-0.4, -0.2) is 34.5 Å². The molecule has 1 aliphatic rings. The Hall–Kier alpha value is -2.11. The molecule has 2 rings (SSSR count).